The van der Waals surface area contributed by atoms with Gasteiger partial charge in [-0.25, -0.2) is 9.67 Å². The lowest BCUT2D eigenvalue weighted by Crippen LogP contribution is -2.12. The second-order valence-electron chi connectivity index (χ2n) is 6.39. The van der Waals surface area contributed by atoms with Gasteiger partial charge in [-0.3, -0.25) is 10.1 Å². The maximum atomic E-state index is 12.5. The van der Waals surface area contributed by atoms with Crippen LogP contribution in [0.4, 0.5) is 5.95 Å². The van der Waals surface area contributed by atoms with Crippen molar-refractivity contribution in [3.05, 3.63) is 92.4 Å². The highest BCUT2D eigenvalue weighted by Crippen LogP contribution is 2.25. The Morgan fingerprint density at radius 2 is 1.97 bits per heavy atom. The van der Waals surface area contributed by atoms with E-state index in [1.807, 2.05) is 41.8 Å². The summed E-state index contributed by atoms with van der Waals surface area (Å²) in [5.74, 6) is 0.569. The first-order valence-corrected chi connectivity index (χ1v) is 10.6. The number of hydrogen-bond donors (Lipinski definition) is 1. The molecule has 152 valence electrons. The van der Waals surface area contributed by atoms with Crippen LogP contribution in [0, 0.1) is 0 Å². The number of para-hydroxylation sites is 1. The molecule has 0 radical (unpaired) electrons. The van der Waals surface area contributed by atoms with Crippen LogP contribution in [-0.4, -0.2) is 20.7 Å². The van der Waals surface area contributed by atoms with Crippen LogP contribution in [0.3, 0.4) is 0 Å². The quantitative estimate of drug-likeness (QED) is 0.395. The van der Waals surface area contributed by atoms with Gasteiger partial charge >= 0.3 is 0 Å². The molecule has 0 spiro atoms. The zero-order valence-electron chi connectivity index (χ0n) is 15.6. The zero-order chi connectivity index (χ0) is 20.9. The molecule has 0 saturated heterocycles. The molecule has 6 nitrogen and oxygen atoms in total. The summed E-state index contributed by atoms with van der Waals surface area (Å²) in [6.45, 7) is 0.825. The molecule has 0 aliphatic carbocycles. The lowest BCUT2D eigenvalue weighted by molar-refractivity contribution is 0.102. The van der Waals surface area contributed by atoms with Gasteiger partial charge in [0.1, 0.15) is 18.7 Å². The van der Waals surface area contributed by atoms with Crippen molar-refractivity contribution >= 4 is 46.4 Å². The Labute approximate surface area is 187 Å². The summed E-state index contributed by atoms with van der Waals surface area (Å²) < 4.78 is 7.35. The van der Waals surface area contributed by atoms with Crippen molar-refractivity contribution in [1.82, 2.24) is 14.8 Å². The van der Waals surface area contributed by atoms with Crippen molar-refractivity contribution in [2.24, 2.45) is 0 Å². The Morgan fingerprint density at radius 1 is 1.10 bits per heavy atom. The second-order valence-corrected chi connectivity index (χ2v) is 8.14. The Morgan fingerprint density at radius 3 is 2.80 bits per heavy atom. The number of thiophene rings is 1. The molecule has 30 heavy (non-hydrogen) atoms. The third kappa shape index (κ3) is 5.18. The molecule has 4 aromatic rings. The van der Waals surface area contributed by atoms with Crippen LogP contribution in [-0.2, 0) is 13.2 Å². The smallest absolute Gasteiger partial charge is 0.268 e. The van der Waals surface area contributed by atoms with Gasteiger partial charge in [0.25, 0.3) is 5.91 Å². The van der Waals surface area contributed by atoms with E-state index in [2.05, 4.69) is 15.4 Å². The van der Waals surface area contributed by atoms with Crippen molar-refractivity contribution in [3.63, 3.8) is 0 Å². The Balaban J connectivity index is 1.34. The lowest BCUT2D eigenvalue weighted by Gasteiger charge is -2.06. The monoisotopic (exact) mass is 458 g/mol. The van der Waals surface area contributed by atoms with Crippen molar-refractivity contribution < 1.29 is 9.53 Å². The normalized spacial score (nSPS) is 10.7. The third-order valence-corrected chi connectivity index (χ3v) is 5.63. The van der Waals surface area contributed by atoms with Gasteiger partial charge in [-0.1, -0.05) is 47.5 Å². The maximum Gasteiger partial charge on any atom is 0.268 e. The number of benzene rings is 2. The third-order valence-electron chi connectivity index (χ3n) is 4.10. The van der Waals surface area contributed by atoms with Gasteiger partial charge in [0.05, 0.1) is 16.4 Å². The largest absolute Gasteiger partial charge is 0.487 e. The van der Waals surface area contributed by atoms with Crippen LogP contribution in [0.15, 0.2) is 66.3 Å². The minimum atomic E-state index is -0.274. The molecule has 1 N–H and O–H groups in total. The van der Waals surface area contributed by atoms with Crippen LogP contribution in [0.1, 0.15) is 20.8 Å². The summed E-state index contributed by atoms with van der Waals surface area (Å²) in [5, 5.41) is 10.1. The average Bonchev–Trinajstić information content (AvgIpc) is 3.37. The average molecular weight is 459 g/mol. The Bertz CT molecular complexity index is 1180. The van der Waals surface area contributed by atoms with E-state index in [0.717, 1.165) is 11.1 Å². The first-order valence-electron chi connectivity index (χ1n) is 8.97. The van der Waals surface area contributed by atoms with E-state index >= 15 is 0 Å². The maximum absolute atomic E-state index is 12.5. The van der Waals surface area contributed by atoms with E-state index in [4.69, 9.17) is 27.9 Å². The van der Waals surface area contributed by atoms with Crippen LogP contribution in [0.2, 0.25) is 10.0 Å². The number of anilines is 1. The Kier molecular flexibility index (Phi) is 6.32. The van der Waals surface area contributed by atoms with E-state index in [1.165, 1.54) is 11.3 Å². The molecule has 0 bridgehead atoms. The summed E-state index contributed by atoms with van der Waals surface area (Å²) in [6.07, 6.45) is 1.56. The van der Waals surface area contributed by atoms with Crippen LogP contribution in [0.25, 0.3) is 0 Å². The first kappa shape index (κ1) is 20.4. The SMILES string of the molecule is O=C(Nc1ncn(Cc2cccc(Cl)c2)n1)c1cc(COc2ccccc2Cl)cs1. The first-order chi connectivity index (χ1) is 14.6. The van der Waals surface area contributed by atoms with Gasteiger partial charge in [0.15, 0.2) is 0 Å². The van der Waals surface area contributed by atoms with E-state index in [-0.39, 0.29) is 11.9 Å². The van der Waals surface area contributed by atoms with Crippen LogP contribution < -0.4 is 10.1 Å². The highest BCUT2D eigenvalue weighted by molar-refractivity contribution is 7.12. The van der Waals surface area contributed by atoms with Crippen molar-refractivity contribution in [2.45, 2.75) is 13.2 Å². The Hall–Kier alpha value is -2.87. The summed E-state index contributed by atoms with van der Waals surface area (Å²) in [7, 11) is 0. The molecule has 9 heteroatoms. The summed E-state index contributed by atoms with van der Waals surface area (Å²) in [5.41, 5.74) is 1.87. The van der Waals surface area contributed by atoms with Crippen molar-refractivity contribution in [2.75, 3.05) is 5.32 Å². The van der Waals surface area contributed by atoms with Crippen molar-refractivity contribution in [1.29, 1.82) is 0 Å². The van der Waals surface area contributed by atoms with Gasteiger partial charge < -0.3 is 4.74 Å². The van der Waals surface area contributed by atoms with Crippen molar-refractivity contribution in [3.8, 4) is 5.75 Å². The molecule has 0 unspecified atom stereocenters. The van der Waals surface area contributed by atoms with Crippen LogP contribution in [0.5, 0.6) is 5.75 Å². The molecule has 4 rings (SSSR count). The highest BCUT2D eigenvalue weighted by Gasteiger charge is 2.13. The number of rotatable bonds is 7. The van der Waals surface area contributed by atoms with Gasteiger partial charge in [0.2, 0.25) is 5.95 Å². The van der Waals surface area contributed by atoms with Crippen LogP contribution >= 0.6 is 34.5 Å². The fourth-order valence-corrected chi connectivity index (χ4v) is 3.90. The van der Waals surface area contributed by atoms with Gasteiger partial charge in [0, 0.05) is 10.6 Å². The van der Waals surface area contributed by atoms with E-state index < -0.39 is 0 Å². The number of ether oxygens (including phenoxy) is 1. The number of halogens is 2. The standard InChI is InChI=1S/C21H16Cl2N4O2S/c22-16-5-3-4-14(8-16)10-27-13-24-21(26-27)25-20(28)19-9-15(12-30-19)11-29-18-7-2-1-6-17(18)23/h1-9,12-13H,10-11H2,(H,25,26,28). The predicted octanol–water partition coefficient (Wildman–Crippen LogP) is 5.53. The number of amides is 1. The fraction of sp³-hybridized carbons (Fsp3) is 0.0952. The number of hydrogen-bond acceptors (Lipinski definition) is 5. The zero-order valence-corrected chi connectivity index (χ0v) is 17.9. The van der Waals surface area contributed by atoms with E-state index in [1.54, 1.807) is 29.2 Å². The molecule has 2 heterocycles. The van der Waals surface area contributed by atoms with Gasteiger partial charge in [-0.05, 0) is 41.3 Å². The summed E-state index contributed by atoms with van der Waals surface area (Å²) in [4.78, 5) is 17.2. The molecule has 2 aromatic carbocycles. The van der Waals surface area contributed by atoms with E-state index in [0.29, 0.717) is 33.8 Å². The second kappa shape index (κ2) is 9.30. The molecule has 0 fully saturated rings. The topological polar surface area (TPSA) is 69.0 Å². The molecule has 0 aliphatic heterocycles. The minimum absolute atomic E-state index is 0.240. The number of nitrogens with one attached hydrogen (secondary N) is 1. The molecular weight excluding hydrogens is 443 g/mol. The molecule has 0 aliphatic rings. The molecular formula is C21H16Cl2N4O2S. The molecule has 1 amide bonds. The summed E-state index contributed by atoms with van der Waals surface area (Å²) in [6, 6.07) is 16.5. The number of nitrogens with zero attached hydrogens (tertiary/aromatic N) is 3. The minimum Gasteiger partial charge on any atom is -0.487 e. The van der Waals surface area contributed by atoms with Gasteiger partial charge in [-0.2, -0.15) is 0 Å². The lowest BCUT2D eigenvalue weighted by atomic mass is 10.2. The molecule has 0 atom stereocenters. The molecule has 0 saturated carbocycles. The predicted molar refractivity (Wildman–Crippen MR) is 119 cm³/mol. The fourth-order valence-electron chi connectivity index (χ4n) is 2.71. The number of carbonyl (C=O) groups is 1. The summed E-state index contributed by atoms with van der Waals surface area (Å²) >= 11 is 13.4. The van der Waals surface area contributed by atoms with Gasteiger partial charge in [-0.15, -0.1) is 16.4 Å². The van der Waals surface area contributed by atoms with E-state index in [9.17, 15) is 4.79 Å². The number of aromatic nitrogens is 3. The highest BCUT2D eigenvalue weighted by atomic mass is 35.5. The molecule has 2 aromatic heterocycles. The number of carbonyl (C=O) groups excluding carboxylic acids is 1.